The molecule has 1 amide bonds. The predicted octanol–water partition coefficient (Wildman–Crippen LogP) is 2.08. The Morgan fingerprint density at radius 3 is 2.85 bits per heavy atom. The van der Waals surface area contributed by atoms with Gasteiger partial charge < -0.3 is 5.32 Å². The van der Waals surface area contributed by atoms with E-state index in [4.69, 9.17) is 0 Å². The molecule has 0 unspecified atom stereocenters. The first-order chi connectivity index (χ1) is 12.8. The molecule has 4 rings (SSSR count). The fraction of sp³-hybridized carbons (Fsp3) is 0.368. The number of aromatic nitrogens is 4. The third kappa shape index (κ3) is 3.57. The quantitative estimate of drug-likeness (QED) is 0.762. The lowest BCUT2D eigenvalue weighted by molar-refractivity contribution is 0.0919. The Labute approximate surface area is 152 Å². The van der Waals surface area contributed by atoms with Gasteiger partial charge in [-0.25, -0.2) is 9.50 Å². The average molecular weight is 350 g/mol. The van der Waals surface area contributed by atoms with E-state index in [0.29, 0.717) is 17.9 Å². The van der Waals surface area contributed by atoms with Crippen molar-refractivity contribution in [3.8, 4) is 0 Å². The van der Waals surface area contributed by atoms with Gasteiger partial charge in [-0.05, 0) is 43.6 Å². The molecule has 0 bridgehead atoms. The molecular weight excluding hydrogens is 328 g/mol. The van der Waals surface area contributed by atoms with E-state index < -0.39 is 0 Å². The summed E-state index contributed by atoms with van der Waals surface area (Å²) < 4.78 is 1.61. The van der Waals surface area contributed by atoms with Gasteiger partial charge in [0.1, 0.15) is 0 Å². The molecule has 0 radical (unpaired) electrons. The molecule has 3 aromatic heterocycles. The topological polar surface area (TPSA) is 75.4 Å². The molecule has 134 valence electrons. The highest BCUT2D eigenvalue weighted by Crippen LogP contribution is 2.23. The number of hydrogen-bond donors (Lipinski definition) is 1. The number of piperidine rings is 1. The molecule has 1 aliphatic rings. The van der Waals surface area contributed by atoms with Gasteiger partial charge in [-0.3, -0.25) is 14.7 Å². The van der Waals surface area contributed by atoms with E-state index in [0.717, 1.165) is 18.7 Å². The van der Waals surface area contributed by atoms with Crippen LogP contribution in [-0.2, 0) is 0 Å². The number of fused-ring (bicyclic) bond motifs is 1. The van der Waals surface area contributed by atoms with Crippen LogP contribution in [0.3, 0.4) is 0 Å². The molecule has 26 heavy (non-hydrogen) atoms. The summed E-state index contributed by atoms with van der Waals surface area (Å²) in [4.78, 5) is 23.5. The van der Waals surface area contributed by atoms with Gasteiger partial charge in [0.05, 0.1) is 6.04 Å². The van der Waals surface area contributed by atoms with Gasteiger partial charge in [-0.15, -0.1) is 0 Å². The SMILES string of the molecule is O=C(NC[C@H](c1cccnc1)N1CCCCC1)c1cc2ncccn2n1. The van der Waals surface area contributed by atoms with Crippen molar-refractivity contribution in [1.82, 2.24) is 29.8 Å². The van der Waals surface area contributed by atoms with E-state index in [2.05, 4.69) is 31.3 Å². The zero-order valence-electron chi connectivity index (χ0n) is 14.6. The summed E-state index contributed by atoms with van der Waals surface area (Å²) in [5.74, 6) is -0.179. The average Bonchev–Trinajstić information content (AvgIpc) is 3.14. The number of carbonyl (C=O) groups is 1. The van der Waals surface area contributed by atoms with E-state index >= 15 is 0 Å². The van der Waals surface area contributed by atoms with Crippen molar-refractivity contribution in [2.75, 3.05) is 19.6 Å². The highest BCUT2D eigenvalue weighted by atomic mass is 16.1. The first-order valence-corrected chi connectivity index (χ1v) is 9.04. The molecule has 0 aromatic carbocycles. The molecule has 3 aromatic rings. The Bertz CT molecular complexity index is 839. The number of hydrogen-bond acceptors (Lipinski definition) is 5. The van der Waals surface area contributed by atoms with Crippen LogP contribution in [-0.4, -0.2) is 50.0 Å². The van der Waals surface area contributed by atoms with Crippen LogP contribution in [0.4, 0.5) is 0 Å². The third-order valence-electron chi connectivity index (χ3n) is 4.83. The minimum atomic E-state index is -0.179. The molecule has 0 saturated carbocycles. The van der Waals surface area contributed by atoms with Crippen LogP contribution < -0.4 is 5.32 Å². The van der Waals surface area contributed by atoms with Gasteiger partial charge in [-0.1, -0.05) is 12.5 Å². The van der Waals surface area contributed by atoms with Crippen LogP contribution in [0.15, 0.2) is 49.1 Å². The van der Waals surface area contributed by atoms with Crippen molar-refractivity contribution in [3.63, 3.8) is 0 Å². The minimum Gasteiger partial charge on any atom is -0.349 e. The number of likely N-dealkylation sites (tertiary alicyclic amines) is 1. The molecule has 0 spiro atoms. The lowest BCUT2D eigenvalue weighted by atomic mass is 10.0. The monoisotopic (exact) mass is 350 g/mol. The van der Waals surface area contributed by atoms with Crippen LogP contribution >= 0.6 is 0 Å². The number of nitrogens with one attached hydrogen (secondary N) is 1. The van der Waals surface area contributed by atoms with Crippen molar-refractivity contribution in [2.45, 2.75) is 25.3 Å². The van der Waals surface area contributed by atoms with Crippen molar-refractivity contribution in [2.24, 2.45) is 0 Å². The fourth-order valence-electron chi connectivity index (χ4n) is 3.48. The third-order valence-corrected chi connectivity index (χ3v) is 4.83. The van der Waals surface area contributed by atoms with Gasteiger partial charge in [0.25, 0.3) is 5.91 Å². The first kappa shape index (κ1) is 16.7. The summed E-state index contributed by atoms with van der Waals surface area (Å²) in [6.45, 7) is 2.63. The maximum Gasteiger partial charge on any atom is 0.271 e. The number of rotatable bonds is 5. The summed E-state index contributed by atoms with van der Waals surface area (Å²) in [5.41, 5.74) is 2.18. The summed E-state index contributed by atoms with van der Waals surface area (Å²) in [6.07, 6.45) is 10.8. The highest BCUT2D eigenvalue weighted by molar-refractivity contribution is 5.93. The molecule has 7 nitrogen and oxygen atoms in total. The minimum absolute atomic E-state index is 0.128. The van der Waals surface area contributed by atoms with Crippen LogP contribution in [0.1, 0.15) is 41.4 Å². The van der Waals surface area contributed by atoms with E-state index in [1.807, 2.05) is 12.3 Å². The summed E-state index contributed by atoms with van der Waals surface area (Å²) in [5, 5.41) is 7.34. The first-order valence-electron chi connectivity index (χ1n) is 9.04. The standard InChI is InChI=1S/C19H22N6O/c26-19(16-12-18-21-8-5-11-25(18)23-16)22-14-17(15-6-4-7-20-13-15)24-9-2-1-3-10-24/h4-8,11-13,17H,1-3,9-10,14H2,(H,22,26)/t17-/m1/s1. The zero-order chi connectivity index (χ0) is 17.8. The second-order valence-electron chi connectivity index (χ2n) is 6.56. The lowest BCUT2D eigenvalue weighted by Gasteiger charge is -2.34. The highest BCUT2D eigenvalue weighted by Gasteiger charge is 2.23. The Morgan fingerprint density at radius 1 is 1.19 bits per heavy atom. The summed E-state index contributed by atoms with van der Waals surface area (Å²) in [7, 11) is 0. The molecule has 1 saturated heterocycles. The van der Waals surface area contributed by atoms with Crippen molar-refractivity contribution >= 4 is 11.6 Å². The largest absolute Gasteiger partial charge is 0.349 e. The second-order valence-corrected chi connectivity index (χ2v) is 6.56. The zero-order valence-corrected chi connectivity index (χ0v) is 14.6. The second kappa shape index (κ2) is 7.61. The molecule has 0 aliphatic carbocycles. The van der Waals surface area contributed by atoms with Gasteiger partial charge >= 0.3 is 0 Å². The smallest absolute Gasteiger partial charge is 0.271 e. The number of nitrogens with zero attached hydrogens (tertiary/aromatic N) is 5. The van der Waals surface area contributed by atoms with Crippen molar-refractivity contribution in [1.29, 1.82) is 0 Å². The molecule has 4 heterocycles. The van der Waals surface area contributed by atoms with E-state index in [1.165, 1.54) is 19.3 Å². The normalized spacial score (nSPS) is 16.5. The van der Waals surface area contributed by atoms with Crippen LogP contribution in [0.2, 0.25) is 0 Å². The predicted molar refractivity (Wildman–Crippen MR) is 97.7 cm³/mol. The number of pyridine rings is 1. The molecular formula is C19H22N6O. The number of carbonyl (C=O) groups excluding carboxylic acids is 1. The van der Waals surface area contributed by atoms with Gasteiger partial charge in [-0.2, -0.15) is 5.10 Å². The van der Waals surface area contributed by atoms with E-state index in [9.17, 15) is 4.79 Å². The Morgan fingerprint density at radius 2 is 2.08 bits per heavy atom. The van der Waals surface area contributed by atoms with Crippen LogP contribution in [0.5, 0.6) is 0 Å². The summed E-state index contributed by atoms with van der Waals surface area (Å²) in [6, 6.07) is 7.64. The van der Waals surface area contributed by atoms with Gasteiger partial charge in [0.15, 0.2) is 11.3 Å². The van der Waals surface area contributed by atoms with Crippen molar-refractivity contribution < 1.29 is 4.79 Å². The van der Waals surface area contributed by atoms with Crippen LogP contribution in [0, 0.1) is 0 Å². The van der Waals surface area contributed by atoms with E-state index in [1.54, 1.807) is 35.2 Å². The Hall–Kier alpha value is -2.80. The molecule has 1 aliphatic heterocycles. The maximum atomic E-state index is 12.6. The Balaban J connectivity index is 1.49. The fourth-order valence-corrected chi connectivity index (χ4v) is 3.48. The van der Waals surface area contributed by atoms with Gasteiger partial charge in [0, 0.05) is 37.4 Å². The van der Waals surface area contributed by atoms with Crippen LogP contribution in [0.25, 0.3) is 5.65 Å². The lowest BCUT2D eigenvalue weighted by Crippen LogP contribution is -2.40. The van der Waals surface area contributed by atoms with Gasteiger partial charge in [0.2, 0.25) is 0 Å². The molecule has 1 atom stereocenters. The Kier molecular flexibility index (Phi) is 4.88. The molecule has 7 heteroatoms. The molecule has 1 N–H and O–H groups in total. The maximum absolute atomic E-state index is 12.6. The van der Waals surface area contributed by atoms with Crippen molar-refractivity contribution in [3.05, 3.63) is 60.3 Å². The summed E-state index contributed by atoms with van der Waals surface area (Å²) >= 11 is 0. The molecule has 1 fully saturated rings. The van der Waals surface area contributed by atoms with E-state index in [-0.39, 0.29) is 11.9 Å². The number of amides is 1.